The van der Waals surface area contributed by atoms with Crippen molar-refractivity contribution in [2.75, 3.05) is 6.61 Å². The van der Waals surface area contributed by atoms with Crippen LogP contribution in [-0.4, -0.2) is 37.6 Å². The lowest BCUT2D eigenvalue weighted by atomic mass is 10.1. The van der Waals surface area contributed by atoms with E-state index in [0.717, 1.165) is 41.1 Å². The molecule has 33 heavy (non-hydrogen) atoms. The molecule has 7 heteroatoms. The Balaban J connectivity index is 1.74. The molecule has 5 nitrogen and oxygen atoms in total. The van der Waals surface area contributed by atoms with Gasteiger partial charge in [-0.2, -0.15) is 5.10 Å². The van der Waals surface area contributed by atoms with Crippen LogP contribution in [0.4, 0.5) is 0 Å². The van der Waals surface area contributed by atoms with Gasteiger partial charge in [0.15, 0.2) is 0 Å². The molecule has 0 N–H and O–H groups in total. The first-order valence-corrected chi connectivity index (χ1v) is 12.4. The van der Waals surface area contributed by atoms with Gasteiger partial charge in [-0.15, -0.1) is 0 Å². The van der Waals surface area contributed by atoms with E-state index in [2.05, 4.69) is 13.8 Å². The molecule has 1 aromatic heterocycles. The summed E-state index contributed by atoms with van der Waals surface area (Å²) in [5.74, 6) is 0.792. The average molecular weight is 478 g/mol. The molecule has 3 aromatic rings. The molecule has 0 spiro atoms. The minimum atomic E-state index is -0.0407. The van der Waals surface area contributed by atoms with Crippen molar-refractivity contribution in [3.05, 3.63) is 71.3 Å². The molecule has 0 unspecified atom stereocenters. The molecule has 1 fully saturated rings. The summed E-state index contributed by atoms with van der Waals surface area (Å²) in [6.45, 7) is 6.85. The number of carbonyl (C=O) groups excluding carboxylic acids is 1. The van der Waals surface area contributed by atoms with Crippen LogP contribution in [0.1, 0.15) is 39.2 Å². The van der Waals surface area contributed by atoms with Gasteiger partial charge in [0.25, 0.3) is 5.91 Å². The summed E-state index contributed by atoms with van der Waals surface area (Å²) in [7, 11) is 0. The van der Waals surface area contributed by atoms with E-state index in [1.165, 1.54) is 11.8 Å². The number of rotatable bonds is 8. The molecular formula is C26H27N3O2S2. The lowest BCUT2D eigenvalue weighted by Gasteiger charge is -2.21. The highest BCUT2D eigenvalue weighted by atomic mass is 32.2. The largest absolute Gasteiger partial charge is 0.494 e. The standard InChI is InChI=1S/C26H27N3O2S2/c1-4-15-31-22-13-11-19(12-14-22)24-20(17-28(27-24)21-9-7-6-8-10-21)16-23-25(30)29(18(3)5-2)26(32)33-23/h6-14,16-18H,4-5,15H2,1-3H3/b23-16-/t18-/m0/s1. The van der Waals surface area contributed by atoms with Crippen LogP contribution in [0.15, 0.2) is 65.7 Å². The van der Waals surface area contributed by atoms with Crippen molar-refractivity contribution in [1.82, 2.24) is 14.7 Å². The first kappa shape index (κ1) is 23.3. The number of nitrogens with zero attached hydrogens (tertiary/aromatic N) is 3. The van der Waals surface area contributed by atoms with Gasteiger partial charge in [0.1, 0.15) is 10.1 Å². The molecule has 2 heterocycles. The Morgan fingerprint density at radius 1 is 1.12 bits per heavy atom. The number of thiocarbonyl (C=S) groups is 1. The lowest BCUT2D eigenvalue weighted by Crippen LogP contribution is -2.36. The first-order valence-electron chi connectivity index (χ1n) is 11.2. The summed E-state index contributed by atoms with van der Waals surface area (Å²) in [6.07, 6.45) is 5.68. The second-order valence-corrected chi connectivity index (χ2v) is 9.57. The summed E-state index contributed by atoms with van der Waals surface area (Å²) in [6, 6.07) is 17.9. The predicted molar refractivity (Wildman–Crippen MR) is 140 cm³/mol. The average Bonchev–Trinajstić information content (AvgIpc) is 3.38. The van der Waals surface area contributed by atoms with E-state index in [9.17, 15) is 4.79 Å². The van der Waals surface area contributed by atoms with E-state index >= 15 is 0 Å². The van der Waals surface area contributed by atoms with Gasteiger partial charge < -0.3 is 4.74 Å². The molecule has 170 valence electrons. The number of para-hydroxylation sites is 1. The van der Waals surface area contributed by atoms with Gasteiger partial charge >= 0.3 is 0 Å². The molecule has 0 aliphatic carbocycles. The van der Waals surface area contributed by atoms with Crippen LogP contribution in [-0.2, 0) is 4.79 Å². The highest BCUT2D eigenvalue weighted by molar-refractivity contribution is 8.26. The van der Waals surface area contributed by atoms with Gasteiger partial charge in [0, 0.05) is 23.4 Å². The molecular weight excluding hydrogens is 450 g/mol. The highest BCUT2D eigenvalue weighted by Gasteiger charge is 2.35. The zero-order valence-electron chi connectivity index (χ0n) is 19.0. The van der Waals surface area contributed by atoms with Gasteiger partial charge in [0.2, 0.25) is 0 Å². The number of thioether (sulfide) groups is 1. The Bertz CT molecular complexity index is 1170. The zero-order valence-corrected chi connectivity index (χ0v) is 20.7. The second kappa shape index (κ2) is 10.4. The van der Waals surface area contributed by atoms with E-state index in [1.807, 2.05) is 78.5 Å². The lowest BCUT2D eigenvalue weighted by molar-refractivity contribution is -0.123. The topological polar surface area (TPSA) is 47.4 Å². The number of hydrogen-bond acceptors (Lipinski definition) is 5. The minimum Gasteiger partial charge on any atom is -0.494 e. The van der Waals surface area contributed by atoms with Crippen LogP contribution in [0, 0.1) is 0 Å². The molecule has 1 atom stereocenters. The third kappa shape index (κ3) is 5.04. The van der Waals surface area contributed by atoms with Crippen molar-refractivity contribution < 1.29 is 9.53 Å². The van der Waals surface area contributed by atoms with Crippen LogP contribution < -0.4 is 4.74 Å². The summed E-state index contributed by atoms with van der Waals surface area (Å²) >= 11 is 6.86. The van der Waals surface area contributed by atoms with Gasteiger partial charge in [0.05, 0.1) is 22.9 Å². The van der Waals surface area contributed by atoms with E-state index < -0.39 is 0 Å². The molecule has 1 amide bonds. The number of aromatic nitrogens is 2. The van der Waals surface area contributed by atoms with Gasteiger partial charge in [-0.3, -0.25) is 9.69 Å². The fraction of sp³-hybridized carbons (Fsp3) is 0.269. The third-order valence-electron chi connectivity index (χ3n) is 5.51. The first-order chi connectivity index (χ1) is 16.0. The minimum absolute atomic E-state index is 0.0407. The van der Waals surface area contributed by atoms with Crippen LogP contribution in [0.2, 0.25) is 0 Å². The van der Waals surface area contributed by atoms with Crippen LogP contribution in [0.25, 0.3) is 23.0 Å². The van der Waals surface area contributed by atoms with E-state index in [0.29, 0.717) is 15.8 Å². The second-order valence-electron chi connectivity index (χ2n) is 7.89. The fourth-order valence-corrected chi connectivity index (χ4v) is 5.00. The van der Waals surface area contributed by atoms with Crippen molar-refractivity contribution in [3.63, 3.8) is 0 Å². The van der Waals surface area contributed by atoms with Crippen molar-refractivity contribution >= 4 is 40.3 Å². The van der Waals surface area contributed by atoms with E-state index in [-0.39, 0.29) is 11.9 Å². The Labute approximate surface area is 204 Å². The molecule has 4 rings (SSSR count). The summed E-state index contributed by atoms with van der Waals surface area (Å²) in [4.78, 5) is 15.4. The number of amides is 1. The molecule has 0 saturated carbocycles. The smallest absolute Gasteiger partial charge is 0.266 e. The van der Waals surface area contributed by atoms with E-state index in [1.54, 1.807) is 4.90 Å². The predicted octanol–water partition coefficient (Wildman–Crippen LogP) is 6.33. The molecule has 0 bridgehead atoms. The monoisotopic (exact) mass is 477 g/mol. The van der Waals surface area contributed by atoms with Crippen molar-refractivity contribution in [2.24, 2.45) is 0 Å². The SMILES string of the molecule is CCCOc1ccc(-c2nn(-c3ccccc3)cc2/C=C2\SC(=S)N([C@@H](C)CC)C2=O)cc1. The maximum atomic E-state index is 13.1. The molecule has 2 aromatic carbocycles. The quantitative estimate of drug-likeness (QED) is 0.280. The van der Waals surface area contributed by atoms with Crippen molar-refractivity contribution in [1.29, 1.82) is 0 Å². The summed E-state index contributed by atoms with van der Waals surface area (Å²) < 4.78 is 8.18. The molecule has 1 aliphatic heterocycles. The Hall–Kier alpha value is -2.90. The van der Waals surface area contributed by atoms with Crippen LogP contribution in [0.3, 0.4) is 0 Å². The molecule has 0 radical (unpaired) electrons. The van der Waals surface area contributed by atoms with Crippen LogP contribution >= 0.6 is 24.0 Å². The normalized spacial score (nSPS) is 16.0. The maximum Gasteiger partial charge on any atom is 0.266 e. The van der Waals surface area contributed by atoms with Gasteiger partial charge in [-0.25, -0.2) is 4.68 Å². The Kier molecular flexibility index (Phi) is 7.30. The van der Waals surface area contributed by atoms with Crippen LogP contribution in [0.5, 0.6) is 5.75 Å². The number of benzene rings is 2. The fourth-order valence-electron chi connectivity index (χ4n) is 3.54. The number of carbonyl (C=O) groups is 1. The van der Waals surface area contributed by atoms with Gasteiger partial charge in [-0.05, 0) is 62.2 Å². The van der Waals surface area contributed by atoms with Gasteiger partial charge in [-0.1, -0.05) is 56.0 Å². The number of hydrogen-bond donors (Lipinski definition) is 0. The molecule has 1 saturated heterocycles. The van der Waals surface area contributed by atoms with Crippen molar-refractivity contribution in [3.8, 4) is 22.7 Å². The highest BCUT2D eigenvalue weighted by Crippen LogP contribution is 2.36. The Morgan fingerprint density at radius 2 is 1.85 bits per heavy atom. The zero-order chi connectivity index (χ0) is 23.4. The summed E-state index contributed by atoms with van der Waals surface area (Å²) in [5, 5.41) is 4.86. The molecule has 1 aliphatic rings. The summed E-state index contributed by atoms with van der Waals surface area (Å²) in [5.41, 5.74) is 3.58. The number of ether oxygens (including phenoxy) is 1. The van der Waals surface area contributed by atoms with Crippen molar-refractivity contribution in [2.45, 2.75) is 39.7 Å². The third-order valence-corrected chi connectivity index (χ3v) is 6.84. The van der Waals surface area contributed by atoms with E-state index in [4.69, 9.17) is 22.1 Å². The Morgan fingerprint density at radius 3 is 2.52 bits per heavy atom. The maximum absolute atomic E-state index is 13.1.